The molecule has 3 aromatic rings. The van der Waals surface area contributed by atoms with E-state index in [1.807, 2.05) is 41.1 Å². The van der Waals surface area contributed by atoms with E-state index in [0.717, 1.165) is 49.0 Å². The molecule has 1 fully saturated rings. The molecule has 1 aliphatic rings. The maximum Gasteiger partial charge on any atom is 0.227 e. The van der Waals surface area contributed by atoms with Gasteiger partial charge >= 0.3 is 0 Å². The number of methoxy groups -OCH3 is 1. The molecule has 3 heterocycles. The van der Waals surface area contributed by atoms with Crippen LogP contribution in [-0.2, 0) is 4.79 Å². The standard InChI is InChI=1S/C20H22N6O2/c1-28-17-4-2-16(3-5-17)24-20(27)15-6-9-25(10-7-15)18-12-19(23-13-22-18)26-11-8-21-14-26/h2-5,8,11-15H,6-7,9-10H2,1H3,(H,24,27). The van der Waals surface area contributed by atoms with Crippen LogP contribution >= 0.6 is 0 Å². The van der Waals surface area contributed by atoms with Gasteiger partial charge < -0.3 is 15.0 Å². The van der Waals surface area contributed by atoms with E-state index < -0.39 is 0 Å². The van der Waals surface area contributed by atoms with Crippen molar-refractivity contribution >= 4 is 17.4 Å². The molecule has 1 aromatic carbocycles. The molecule has 8 heteroatoms. The second-order valence-electron chi connectivity index (χ2n) is 6.68. The van der Waals surface area contributed by atoms with Gasteiger partial charge in [-0.3, -0.25) is 9.36 Å². The van der Waals surface area contributed by atoms with Crippen LogP contribution in [0.15, 0.2) is 55.4 Å². The molecule has 0 bridgehead atoms. The third kappa shape index (κ3) is 3.95. The number of anilines is 2. The van der Waals surface area contributed by atoms with E-state index in [4.69, 9.17) is 4.74 Å². The molecule has 2 aromatic heterocycles. The molecule has 1 N–H and O–H groups in total. The lowest BCUT2D eigenvalue weighted by Gasteiger charge is -2.32. The highest BCUT2D eigenvalue weighted by Crippen LogP contribution is 2.24. The van der Waals surface area contributed by atoms with Crippen molar-refractivity contribution < 1.29 is 9.53 Å². The smallest absolute Gasteiger partial charge is 0.227 e. The molecule has 0 unspecified atom stereocenters. The zero-order chi connectivity index (χ0) is 19.3. The average Bonchev–Trinajstić information content (AvgIpc) is 3.29. The Morgan fingerprint density at radius 1 is 1.14 bits per heavy atom. The summed E-state index contributed by atoms with van der Waals surface area (Å²) in [6.07, 6.45) is 8.41. The Balaban J connectivity index is 1.35. The normalized spacial score (nSPS) is 14.7. The minimum absolute atomic E-state index is 0.00620. The second-order valence-corrected chi connectivity index (χ2v) is 6.68. The van der Waals surface area contributed by atoms with Gasteiger partial charge in [0.25, 0.3) is 0 Å². The summed E-state index contributed by atoms with van der Waals surface area (Å²) < 4.78 is 6.99. The fourth-order valence-electron chi connectivity index (χ4n) is 3.34. The first kappa shape index (κ1) is 18.0. The molecule has 1 saturated heterocycles. The van der Waals surface area contributed by atoms with E-state index in [1.54, 1.807) is 26.0 Å². The van der Waals surface area contributed by atoms with E-state index >= 15 is 0 Å². The van der Waals surface area contributed by atoms with Crippen LogP contribution < -0.4 is 15.0 Å². The molecule has 28 heavy (non-hydrogen) atoms. The SMILES string of the molecule is COc1ccc(NC(=O)C2CCN(c3cc(-n4ccnc4)ncn3)CC2)cc1. The molecular weight excluding hydrogens is 356 g/mol. The maximum atomic E-state index is 12.6. The van der Waals surface area contributed by atoms with Crippen molar-refractivity contribution in [3.8, 4) is 11.6 Å². The van der Waals surface area contributed by atoms with Crippen LogP contribution in [0.5, 0.6) is 5.75 Å². The lowest BCUT2D eigenvalue weighted by molar-refractivity contribution is -0.120. The summed E-state index contributed by atoms with van der Waals surface area (Å²) in [7, 11) is 1.62. The van der Waals surface area contributed by atoms with Crippen molar-refractivity contribution in [1.82, 2.24) is 19.5 Å². The number of carbonyl (C=O) groups excluding carboxylic acids is 1. The van der Waals surface area contributed by atoms with Gasteiger partial charge in [0.2, 0.25) is 5.91 Å². The van der Waals surface area contributed by atoms with E-state index in [2.05, 4.69) is 25.2 Å². The molecular formula is C20H22N6O2. The lowest BCUT2D eigenvalue weighted by Crippen LogP contribution is -2.38. The summed E-state index contributed by atoms with van der Waals surface area (Å²) in [5.74, 6) is 2.47. The molecule has 0 aliphatic carbocycles. The Labute approximate surface area is 163 Å². The minimum atomic E-state index is -0.00620. The predicted octanol–water partition coefficient (Wildman–Crippen LogP) is 2.53. The fourth-order valence-corrected chi connectivity index (χ4v) is 3.34. The van der Waals surface area contributed by atoms with Gasteiger partial charge in [-0.2, -0.15) is 0 Å². The van der Waals surface area contributed by atoms with Crippen molar-refractivity contribution in [2.75, 3.05) is 30.4 Å². The highest BCUT2D eigenvalue weighted by molar-refractivity contribution is 5.92. The third-order valence-electron chi connectivity index (χ3n) is 4.95. The number of imidazole rings is 1. The molecule has 1 amide bonds. The van der Waals surface area contributed by atoms with Crippen molar-refractivity contribution in [1.29, 1.82) is 0 Å². The van der Waals surface area contributed by atoms with E-state index in [1.165, 1.54) is 0 Å². The quantitative estimate of drug-likeness (QED) is 0.734. The van der Waals surface area contributed by atoms with Gasteiger partial charge in [-0.1, -0.05) is 0 Å². The number of hydrogen-bond acceptors (Lipinski definition) is 6. The van der Waals surface area contributed by atoms with Gasteiger partial charge in [0.1, 0.15) is 30.0 Å². The number of carbonyl (C=O) groups is 1. The van der Waals surface area contributed by atoms with Gasteiger partial charge in [0.05, 0.1) is 7.11 Å². The first-order valence-electron chi connectivity index (χ1n) is 9.23. The van der Waals surface area contributed by atoms with E-state index in [-0.39, 0.29) is 11.8 Å². The number of hydrogen-bond donors (Lipinski definition) is 1. The largest absolute Gasteiger partial charge is 0.497 e. The Hall–Kier alpha value is -3.42. The number of nitrogens with one attached hydrogen (secondary N) is 1. The topological polar surface area (TPSA) is 85.2 Å². The average molecular weight is 378 g/mol. The van der Waals surface area contributed by atoms with E-state index in [9.17, 15) is 4.79 Å². The summed E-state index contributed by atoms with van der Waals surface area (Å²) in [5, 5.41) is 3.00. The summed E-state index contributed by atoms with van der Waals surface area (Å²) in [4.78, 5) is 27.5. The monoisotopic (exact) mass is 378 g/mol. The molecule has 4 rings (SSSR count). The molecule has 0 saturated carbocycles. The van der Waals surface area contributed by atoms with Crippen molar-refractivity contribution in [3.63, 3.8) is 0 Å². The highest BCUT2D eigenvalue weighted by atomic mass is 16.5. The van der Waals surface area contributed by atoms with Crippen LogP contribution in [0.2, 0.25) is 0 Å². The summed E-state index contributed by atoms with van der Waals surface area (Å²) in [5.41, 5.74) is 0.786. The summed E-state index contributed by atoms with van der Waals surface area (Å²) >= 11 is 0. The second kappa shape index (κ2) is 8.08. The predicted molar refractivity (Wildman–Crippen MR) is 106 cm³/mol. The maximum absolute atomic E-state index is 12.6. The van der Waals surface area contributed by atoms with Crippen LogP contribution in [0.1, 0.15) is 12.8 Å². The van der Waals surface area contributed by atoms with Crippen LogP contribution in [0, 0.1) is 5.92 Å². The number of nitrogens with zero attached hydrogens (tertiary/aromatic N) is 5. The Morgan fingerprint density at radius 3 is 2.57 bits per heavy atom. The van der Waals surface area contributed by atoms with Gasteiger partial charge in [-0.15, -0.1) is 0 Å². The van der Waals surface area contributed by atoms with Gasteiger partial charge in [-0.05, 0) is 37.1 Å². The molecule has 0 spiro atoms. The number of ether oxygens (including phenoxy) is 1. The van der Waals surface area contributed by atoms with Crippen LogP contribution in [0.25, 0.3) is 5.82 Å². The fraction of sp³-hybridized carbons (Fsp3) is 0.300. The lowest BCUT2D eigenvalue weighted by atomic mass is 9.96. The van der Waals surface area contributed by atoms with Crippen LogP contribution in [-0.4, -0.2) is 45.6 Å². The third-order valence-corrected chi connectivity index (χ3v) is 4.95. The Kier molecular flexibility index (Phi) is 5.18. The number of amides is 1. The van der Waals surface area contributed by atoms with E-state index in [0.29, 0.717) is 0 Å². The van der Waals surface area contributed by atoms with Crippen LogP contribution in [0.3, 0.4) is 0 Å². The van der Waals surface area contributed by atoms with Crippen molar-refractivity contribution in [2.24, 2.45) is 5.92 Å². The zero-order valence-corrected chi connectivity index (χ0v) is 15.7. The minimum Gasteiger partial charge on any atom is -0.497 e. The number of aromatic nitrogens is 4. The highest BCUT2D eigenvalue weighted by Gasteiger charge is 2.26. The Morgan fingerprint density at radius 2 is 1.89 bits per heavy atom. The first-order chi connectivity index (χ1) is 13.7. The molecule has 0 atom stereocenters. The van der Waals surface area contributed by atoms with Gasteiger partial charge in [0, 0.05) is 43.2 Å². The number of piperidine rings is 1. The summed E-state index contributed by atoms with van der Waals surface area (Å²) in [6.45, 7) is 1.56. The first-order valence-corrected chi connectivity index (χ1v) is 9.23. The number of rotatable bonds is 5. The van der Waals surface area contributed by atoms with Crippen molar-refractivity contribution in [3.05, 3.63) is 55.4 Å². The van der Waals surface area contributed by atoms with Crippen LogP contribution in [0.4, 0.5) is 11.5 Å². The molecule has 8 nitrogen and oxygen atoms in total. The zero-order valence-electron chi connectivity index (χ0n) is 15.7. The van der Waals surface area contributed by atoms with Gasteiger partial charge in [-0.25, -0.2) is 15.0 Å². The van der Waals surface area contributed by atoms with Crippen molar-refractivity contribution in [2.45, 2.75) is 12.8 Å². The summed E-state index contributed by atoms with van der Waals surface area (Å²) in [6, 6.07) is 9.32. The number of benzene rings is 1. The Bertz CT molecular complexity index is 918. The van der Waals surface area contributed by atoms with Gasteiger partial charge in [0.15, 0.2) is 0 Å². The molecule has 144 valence electrons. The molecule has 1 aliphatic heterocycles. The molecule has 0 radical (unpaired) electrons.